The van der Waals surface area contributed by atoms with Crippen LogP contribution in [0.15, 0.2) is 11.4 Å². The quantitative estimate of drug-likeness (QED) is 0.668. The summed E-state index contributed by atoms with van der Waals surface area (Å²) in [5.74, 6) is 5.14. The Morgan fingerprint density at radius 1 is 1.34 bits per heavy atom. The first kappa shape index (κ1) is 23.7. The fourth-order valence-electron chi connectivity index (χ4n) is 3.48. The minimum atomic E-state index is -4.58. The summed E-state index contributed by atoms with van der Waals surface area (Å²) in [4.78, 5) is 30.2. The van der Waals surface area contributed by atoms with Gasteiger partial charge in [-0.2, -0.15) is 13.2 Å². The van der Waals surface area contributed by atoms with E-state index in [1.807, 2.05) is 0 Å². The Bertz CT molecular complexity index is 1070. The van der Waals surface area contributed by atoms with Crippen molar-refractivity contribution in [2.75, 3.05) is 25.0 Å². The van der Waals surface area contributed by atoms with Gasteiger partial charge < -0.3 is 20.3 Å². The van der Waals surface area contributed by atoms with E-state index in [1.54, 1.807) is 18.7 Å². The van der Waals surface area contributed by atoms with E-state index in [-0.39, 0.29) is 33.7 Å². The molecule has 2 amide bonds. The van der Waals surface area contributed by atoms with Crippen LogP contribution in [0.3, 0.4) is 0 Å². The van der Waals surface area contributed by atoms with E-state index in [9.17, 15) is 22.8 Å². The fourth-order valence-corrected chi connectivity index (χ4v) is 4.50. The molecule has 0 saturated carbocycles. The third kappa shape index (κ3) is 5.24. The van der Waals surface area contributed by atoms with E-state index in [1.165, 1.54) is 12.4 Å². The van der Waals surface area contributed by atoms with Crippen LogP contribution in [-0.4, -0.2) is 49.3 Å². The SMILES string of the molecule is CC#C[C@@H](C)NC(=O)OC1CCN(c2cc(C(F)(F)F)c3scc(C(=O)NC)c3n2)CC1. The molecule has 1 aliphatic heterocycles. The van der Waals surface area contributed by atoms with Crippen LogP contribution in [0.25, 0.3) is 10.2 Å². The molecule has 0 radical (unpaired) electrons. The molecule has 0 unspecified atom stereocenters. The highest BCUT2D eigenvalue weighted by atomic mass is 32.1. The van der Waals surface area contributed by atoms with Crippen LogP contribution in [0, 0.1) is 11.8 Å². The number of halogens is 3. The number of amides is 2. The number of piperidine rings is 1. The topological polar surface area (TPSA) is 83.6 Å². The van der Waals surface area contributed by atoms with Crippen LogP contribution in [0.4, 0.5) is 23.8 Å². The molecular weight excluding hydrogens is 445 g/mol. The van der Waals surface area contributed by atoms with Crippen LogP contribution in [0.1, 0.15) is 42.6 Å². The fraction of sp³-hybridized carbons (Fsp3) is 0.476. The third-order valence-corrected chi connectivity index (χ3v) is 6.02. The number of alkyl halides is 3. The minimum absolute atomic E-state index is 0.0305. The Morgan fingerprint density at radius 3 is 2.62 bits per heavy atom. The summed E-state index contributed by atoms with van der Waals surface area (Å²) >= 11 is 0.846. The van der Waals surface area contributed by atoms with Crippen molar-refractivity contribution in [2.24, 2.45) is 0 Å². The summed E-state index contributed by atoms with van der Waals surface area (Å²) in [5.41, 5.74) is -0.677. The number of nitrogens with one attached hydrogen (secondary N) is 2. The first-order valence-electron chi connectivity index (χ1n) is 10.00. The van der Waals surface area contributed by atoms with Gasteiger partial charge >= 0.3 is 12.3 Å². The lowest BCUT2D eigenvalue weighted by molar-refractivity contribution is -0.136. The summed E-state index contributed by atoms with van der Waals surface area (Å²) in [7, 11) is 1.41. The summed E-state index contributed by atoms with van der Waals surface area (Å²) in [6, 6.07) is 0.676. The maximum absolute atomic E-state index is 13.7. The van der Waals surface area contributed by atoms with Crippen molar-refractivity contribution in [1.29, 1.82) is 0 Å². The normalized spacial score (nSPS) is 15.6. The zero-order valence-corrected chi connectivity index (χ0v) is 18.6. The lowest BCUT2D eigenvalue weighted by Gasteiger charge is -2.33. The highest BCUT2D eigenvalue weighted by molar-refractivity contribution is 7.17. The number of nitrogens with zero attached hydrogens (tertiary/aromatic N) is 2. The number of ether oxygens (including phenoxy) is 1. The molecule has 2 aromatic rings. The van der Waals surface area contributed by atoms with Gasteiger partial charge in [0.2, 0.25) is 0 Å². The molecule has 32 heavy (non-hydrogen) atoms. The largest absolute Gasteiger partial charge is 0.446 e. The maximum Gasteiger partial charge on any atom is 0.417 e. The molecule has 0 bridgehead atoms. The third-order valence-electron chi connectivity index (χ3n) is 5.02. The summed E-state index contributed by atoms with van der Waals surface area (Å²) in [5, 5.41) is 6.43. The van der Waals surface area contributed by atoms with Crippen molar-refractivity contribution in [2.45, 2.75) is 45.0 Å². The molecule has 2 N–H and O–H groups in total. The maximum atomic E-state index is 13.7. The van der Waals surface area contributed by atoms with E-state index in [2.05, 4.69) is 27.5 Å². The lowest BCUT2D eigenvalue weighted by atomic mass is 10.1. The molecular formula is C21H23F3N4O3S. The van der Waals surface area contributed by atoms with Gasteiger partial charge in [0.05, 0.1) is 27.4 Å². The molecule has 3 rings (SSSR count). The number of fused-ring (bicyclic) bond motifs is 1. The van der Waals surface area contributed by atoms with Crippen LogP contribution in [0.5, 0.6) is 0 Å². The van der Waals surface area contributed by atoms with E-state index in [0.717, 1.165) is 17.4 Å². The molecule has 0 aliphatic carbocycles. The number of hydrogen-bond donors (Lipinski definition) is 2. The van der Waals surface area contributed by atoms with Gasteiger partial charge in [-0.25, -0.2) is 9.78 Å². The van der Waals surface area contributed by atoms with Crippen LogP contribution in [0.2, 0.25) is 0 Å². The van der Waals surface area contributed by atoms with Crippen LogP contribution < -0.4 is 15.5 Å². The van der Waals surface area contributed by atoms with Crippen molar-refractivity contribution in [3.63, 3.8) is 0 Å². The second kappa shape index (κ2) is 9.65. The Balaban J connectivity index is 1.78. The summed E-state index contributed by atoms with van der Waals surface area (Å²) in [6.45, 7) is 4.12. The van der Waals surface area contributed by atoms with E-state index in [0.29, 0.717) is 25.9 Å². The van der Waals surface area contributed by atoms with E-state index < -0.39 is 23.7 Å². The number of thiophene rings is 1. The van der Waals surface area contributed by atoms with Crippen molar-refractivity contribution in [1.82, 2.24) is 15.6 Å². The average molecular weight is 469 g/mol. The van der Waals surface area contributed by atoms with E-state index in [4.69, 9.17) is 4.74 Å². The number of carbonyl (C=O) groups is 2. The average Bonchev–Trinajstić information content (AvgIpc) is 3.16. The monoisotopic (exact) mass is 468 g/mol. The summed E-state index contributed by atoms with van der Waals surface area (Å²) in [6.07, 6.45) is -4.64. The molecule has 11 heteroatoms. The zero-order chi connectivity index (χ0) is 23.5. The van der Waals surface area contributed by atoms with Gasteiger partial charge in [-0.05, 0) is 19.9 Å². The van der Waals surface area contributed by atoms with Crippen LogP contribution >= 0.6 is 11.3 Å². The second-order valence-corrected chi connectivity index (χ2v) is 8.16. The van der Waals surface area contributed by atoms with Crippen molar-refractivity contribution < 1.29 is 27.5 Å². The van der Waals surface area contributed by atoms with Gasteiger partial charge in [0.15, 0.2) is 0 Å². The highest BCUT2D eigenvalue weighted by Crippen LogP contribution is 2.40. The van der Waals surface area contributed by atoms with Gasteiger partial charge in [-0.3, -0.25) is 4.79 Å². The predicted molar refractivity (Wildman–Crippen MR) is 116 cm³/mol. The smallest absolute Gasteiger partial charge is 0.417 e. The van der Waals surface area contributed by atoms with Gasteiger partial charge in [0.1, 0.15) is 11.9 Å². The Kier molecular flexibility index (Phi) is 7.13. The molecule has 7 nitrogen and oxygen atoms in total. The minimum Gasteiger partial charge on any atom is -0.446 e. The number of hydrogen-bond acceptors (Lipinski definition) is 6. The molecule has 0 aromatic carbocycles. The molecule has 172 valence electrons. The Labute approximate surface area is 187 Å². The number of rotatable bonds is 4. The molecule has 1 atom stereocenters. The number of carbonyl (C=O) groups excluding carboxylic acids is 2. The zero-order valence-electron chi connectivity index (χ0n) is 17.8. The van der Waals surface area contributed by atoms with Crippen LogP contribution in [-0.2, 0) is 10.9 Å². The Morgan fingerprint density at radius 2 is 2.03 bits per heavy atom. The summed E-state index contributed by atoms with van der Waals surface area (Å²) < 4.78 is 46.4. The lowest BCUT2D eigenvalue weighted by Crippen LogP contribution is -2.41. The van der Waals surface area contributed by atoms with Gasteiger partial charge in [0.25, 0.3) is 5.91 Å². The predicted octanol–water partition coefficient (Wildman–Crippen LogP) is 3.78. The number of alkyl carbamates (subject to hydrolysis) is 1. The Hall–Kier alpha value is -3.00. The molecule has 1 saturated heterocycles. The standard InChI is InChI=1S/C21H23F3N4O3S/c1-4-5-12(2)26-20(30)31-13-6-8-28(9-7-13)16-10-15(21(22,23)24)18-17(27-16)14(11-32-18)19(29)25-3/h10-13H,6-9H2,1-3H3,(H,25,29)(H,26,30)/t12-/m1/s1. The first-order chi connectivity index (χ1) is 15.1. The van der Waals surface area contributed by atoms with Gasteiger partial charge in [0, 0.05) is 38.4 Å². The first-order valence-corrected chi connectivity index (χ1v) is 10.9. The van der Waals surface area contributed by atoms with Crippen molar-refractivity contribution in [3.05, 3.63) is 22.6 Å². The number of aromatic nitrogens is 1. The number of anilines is 1. The molecule has 2 aromatic heterocycles. The highest BCUT2D eigenvalue weighted by Gasteiger charge is 2.36. The number of pyridine rings is 1. The second-order valence-electron chi connectivity index (χ2n) is 7.28. The molecule has 3 heterocycles. The van der Waals surface area contributed by atoms with Gasteiger partial charge in [-0.15, -0.1) is 17.3 Å². The van der Waals surface area contributed by atoms with Gasteiger partial charge in [-0.1, -0.05) is 5.92 Å². The van der Waals surface area contributed by atoms with E-state index >= 15 is 0 Å². The van der Waals surface area contributed by atoms with Crippen molar-refractivity contribution in [3.8, 4) is 11.8 Å². The van der Waals surface area contributed by atoms with Crippen molar-refractivity contribution >= 4 is 39.4 Å². The molecule has 1 fully saturated rings. The molecule has 1 aliphatic rings. The molecule has 0 spiro atoms.